The summed E-state index contributed by atoms with van der Waals surface area (Å²) in [5.74, 6) is 0.698. The molecule has 4 nitrogen and oxygen atoms in total. The van der Waals surface area contributed by atoms with Gasteiger partial charge in [-0.15, -0.1) is 0 Å². The third kappa shape index (κ3) is 2.10. The highest BCUT2D eigenvalue weighted by Crippen LogP contribution is 2.42. The van der Waals surface area contributed by atoms with Crippen molar-refractivity contribution in [3.05, 3.63) is 0 Å². The Hall–Kier alpha value is -0.900. The maximum Gasteiger partial charge on any atom is 0.233 e. The molecule has 1 saturated carbocycles. The summed E-state index contributed by atoms with van der Waals surface area (Å²) in [4.78, 5) is 25.7. The quantitative estimate of drug-likeness (QED) is 0.746. The smallest absolute Gasteiger partial charge is 0.233 e. The Kier molecular flexibility index (Phi) is 3.25. The summed E-state index contributed by atoms with van der Waals surface area (Å²) in [6.45, 7) is 6.52. The van der Waals surface area contributed by atoms with Crippen LogP contribution in [-0.4, -0.2) is 29.3 Å². The van der Waals surface area contributed by atoms with Crippen LogP contribution in [0.15, 0.2) is 0 Å². The summed E-state index contributed by atoms with van der Waals surface area (Å²) < 4.78 is 0. The number of rotatable bonds is 3. The third-order valence-electron chi connectivity index (χ3n) is 4.21. The van der Waals surface area contributed by atoms with Crippen molar-refractivity contribution in [2.75, 3.05) is 6.54 Å². The number of hydrogen-bond donors (Lipinski definition) is 1. The zero-order valence-electron chi connectivity index (χ0n) is 10.8. The zero-order chi connectivity index (χ0) is 12.7. The van der Waals surface area contributed by atoms with E-state index in [2.05, 4.69) is 6.92 Å². The molecule has 0 radical (unpaired) electrons. The molecule has 1 saturated heterocycles. The van der Waals surface area contributed by atoms with E-state index in [0.29, 0.717) is 12.5 Å². The first kappa shape index (κ1) is 12.6. The Morgan fingerprint density at radius 3 is 2.12 bits per heavy atom. The van der Waals surface area contributed by atoms with E-state index in [0.717, 1.165) is 12.8 Å². The van der Waals surface area contributed by atoms with Crippen LogP contribution >= 0.6 is 0 Å². The van der Waals surface area contributed by atoms with Gasteiger partial charge in [-0.2, -0.15) is 0 Å². The van der Waals surface area contributed by atoms with Crippen molar-refractivity contribution in [2.24, 2.45) is 29.4 Å². The van der Waals surface area contributed by atoms with Crippen LogP contribution in [0.2, 0.25) is 0 Å². The van der Waals surface area contributed by atoms with Gasteiger partial charge in [0.25, 0.3) is 0 Å². The first-order chi connectivity index (χ1) is 7.91. The lowest BCUT2D eigenvalue weighted by atomic mass is 10.00. The van der Waals surface area contributed by atoms with E-state index in [1.807, 2.05) is 13.8 Å². The summed E-state index contributed by atoms with van der Waals surface area (Å²) in [5, 5.41) is 0. The first-order valence-corrected chi connectivity index (χ1v) is 6.52. The lowest BCUT2D eigenvalue weighted by Gasteiger charge is -2.23. The SMILES string of the molecule is CC1CC2C(=O)N(CC(N)C(C)C)C(=O)C2C1. The van der Waals surface area contributed by atoms with Gasteiger partial charge in [-0.1, -0.05) is 20.8 Å². The predicted molar refractivity (Wildman–Crippen MR) is 64.9 cm³/mol. The van der Waals surface area contributed by atoms with Crippen LogP contribution in [0.3, 0.4) is 0 Å². The van der Waals surface area contributed by atoms with E-state index in [4.69, 9.17) is 5.73 Å². The van der Waals surface area contributed by atoms with E-state index in [-0.39, 0.29) is 35.6 Å². The van der Waals surface area contributed by atoms with Crippen LogP contribution in [0.5, 0.6) is 0 Å². The van der Waals surface area contributed by atoms with Gasteiger partial charge >= 0.3 is 0 Å². The minimum absolute atomic E-state index is 0.0143. The maximum atomic E-state index is 12.2. The molecule has 2 N–H and O–H groups in total. The fourth-order valence-corrected chi connectivity index (χ4v) is 2.95. The molecule has 3 atom stereocenters. The Morgan fingerprint density at radius 1 is 1.24 bits per heavy atom. The fraction of sp³-hybridized carbons (Fsp3) is 0.846. The Bertz CT molecular complexity index is 316. The molecule has 2 amide bonds. The number of hydrogen-bond acceptors (Lipinski definition) is 3. The minimum atomic E-state index is -0.112. The van der Waals surface area contributed by atoms with Gasteiger partial charge in [-0.3, -0.25) is 14.5 Å². The van der Waals surface area contributed by atoms with Crippen LogP contribution in [0.4, 0.5) is 0 Å². The van der Waals surface area contributed by atoms with Crippen molar-refractivity contribution in [1.82, 2.24) is 4.90 Å². The van der Waals surface area contributed by atoms with Gasteiger partial charge in [0.05, 0.1) is 11.8 Å². The van der Waals surface area contributed by atoms with E-state index in [1.165, 1.54) is 4.90 Å². The fourth-order valence-electron chi connectivity index (χ4n) is 2.95. The summed E-state index contributed by atoms with van der Waals surface area (Å²) >= 11 is 0. The number of nitrogens with two attached hydrogens (primary N) is 1. The second kappa shape index (κ2) is 4.41. The molecule has 96 valence electrons. The van der Waals surface area contributed by atoms with Gasteiger partial charge in [-0.25, -0.2) is 0 Å². The predicted octanol–water partition coefficient (Wildman–Crippen LogP) is 1.00. The molecule has 0 aromatic rings. The summed E-state index contributed by atoms with van der Waals surface area (Å²) in [5.41, 5.74) is 5.95. The highest BCUT2D eigenvalue weighted by molar-refractivity contribution is 6.05. The summed E-state index contributed by atoms with van der Waals surface area (Å²) in [7, 11) is 0. The van der Waals surface area contributed by atoms with Gasteiger partial charge < -0.3 is 5.73 Å². The monoisotopic (exact) mass is 238 g/mol. The van der Waals surface area contributed by atoms with E-state index >= 15 is 0 Å². The van der Waals surface area contributed by atoms with Crippen LogP contribution < -0.4 is 5.73 Å². The molecule has 0 spiro atoms. The minimum Gasteiger partial charge on any atom is -0.326 e. The molecule has 1 heterocycles. The van der Waals surface area contributed by atoms with Gasteiger partial charge in [0.15, 0.2) is 0 Å². The van der Waals surface area contributed by atoms with Gasteiger partial charge in [0.2, 0.25) is 11.8 Å². The average molecular weight is 238 g/mol. The first-order valence-electron chi connectivity index (χ1n) is 6.52. The molecule has 0 aromatic carbocycles. The molecule has 2 rings (SSSR count). The van der Waals surface area contributed by atoms with E-state index in [1.54, 1.807) is 0 Å². The Morgan fingerprint density at radius 2 is 1.71 bits per heavy atom. The van der Waals surface area contributed by atoms with Gasteiger partial charge in [0, 0.05) is 12.6 Å². The van der Waals surface area contributed by atoms with E-state index in [9.17, 15) is 9.59 Å². The molecule has 0 bridgehead atoms. The van der Waals surface area contributed by atoms with Crippen LogP contribution in [0, 0.1) is 23.7 Å². The second-order valence-electron chi connectivity index (χ2n) is 5.98. The molecule has 1 aliphatic carbocycles. The Labute approximate surface area is 103 Å². The standard InChI is InChI=1S/C13H22N2O2/c1-7(2)11(14)6-15-12(16)9-4-8(3)5-10(9)13(15)17/h7-11H,4-6,14H2,1-3H3. The lowest BCUT2D eigenvalue weighted by Crippen LogP contribution is -2.44. The van der Waals surface area contributed by atoms with Crippen molar-refractivity contribution < 1.29 is 9.59 Å². The Balaban J connectivity index is 2.07. The number of nitrogens with zero attached hydrogens (tertiary/aromatic N) is 1. The number of amides is 2. The molecular formula is C13H22N2O2. The van der Waals surface area contributed by atoms with Crippen LogP contribution in [-0.2, 0) is 9.59 Å². The zero-order valence-corrected chi connectivity index (χ0v) is 10.8. The van der Waals surface area contributed by atoms with E-state index < -0.39 is 0 Å². The number of fused-ring (bicyclic) bond motifs is 1. The lowest BCUT2D eigenvalue weighted by molar-refractivity contribution is -0.140. The largest absolute Gasteiger partial charge is 0.326 e. The van der Waals surface area contributed by atoms with Crippen LogP contribution in [0.25, 0.3) is 0 Å². The normalized spacial score (nSPS) is 34.6. The highest BCUT2D eigenvalue weighted by atomic mass is 16.2. The molecule has 1 aliphatic heterocycles. The van der Waals surface area contributed by atoms with Crippen LogP contribution in [0.1, 0.15) is 33.6 Å². The van der Waals surface area contributed by atoms with Gasteiger partial charge in [0.1, 0.15) is 0 Å². The number of carbonyl (C=O) groups is 2. The highest BCUT2D eigenvalue weighted by Gasteiger charge is 2.51. The molecule has 17 heavy (non-hydrogen) atoms. The number of carbonyl (C=O) groups excluding carboxylic acids is 2. The molecule has 0 aromatic heterocycles. The molecule has 3 unspecified atom stereocenters. The second-order valence-corrected chi connectivity index (χ2v) is 5.98. The summed E-state index contributed by atoms with van der Waals surface area (Å²) in [6.07, 6.45) is 1.73. The summed E-state index contributed by atoms with van der Waals surface area (Å²) in [6, 6.07) is -0.112. The van der Waals surface area contributed by atoms with Gasteiger partial charge in [-0.05, 0) is 24.7 Å². The van der Waals surface area contributed by atoms with Crippen molar-refractivity contribution in [1.29, 1.82) is 0 Å². The van der Waals surface area contributed by atoms with Crippen molar-refractivity contribution in [3.8, 4) is 0 Å². The number of likely N-dealkylation sites (tertiary alicyclic amines) is 1. The van der Waals surface area contributed by atoms with Crippen molar-refractivity contribution in [3.63, 3.8) is 0 Å². The topological polar surface area (TPSA) is 63.4 Å². The molecule has 2 aliphatic rings. The molecular weight excluding hydrogens is 216 g/mol. The van der Waals surface area contributed by atoms with Crippen molar-refractivity contribution >= 4 is 11.8 Å². The molecule has 2 fully saturated rings. The maximum absolute atomic E-state index is 12.2. The molecule has 4 heteroatoms. The number of imide groups is 1. The van der Waals surface area contributed by atoms with Crippen molar-refractivity contribution in [2.45, 2.75) is 39.7 Å². The third-order valence-corrected chi connectivity index (χ3v) is 4.21. The average Bonchev–Trinajstić information content (AvgIpc) is 2.73.